The first-order valence-corrected chi connectivity index (χ1v) is 3.90. The summed E-state index contributed by atoms with van der Waals surface area (Å²) in [5, 5.41) is 0. The van der Waals surface area contributed by atoms with E-state index in [-0.39, 0.29) is 4.90 Å². The fourth-order valence-electron chi connectivity index (χ4n) is 0.534. The van der Waals surface area contributed by atoms with Gasteiger partial charge in [-0.2, -0.15) is 8.42 Å². The van der Waals surface area contributed by atoms with Crippen LogP contribution in [0.4, 0.5) is 3.89 Å². The van der Waals surface area contributed by atoms with E-state index in [2.05, 4.69) is 6.07 Å². The second kappa shape index (κ2) is 2.38. The maximum absolute atomic E-state index is 12.1. The Morgan fingerprint density at radius 2 is 1.80 bits per heavy atom. The molecule has 0 atom stereocenters. The molecular weight excluding hydrogens is 155 g/mol. The molecule has 0 aliphatic carbocycles. The zero-order chi connectivity index (χ0) is 7.61. The third kappa shape index (κ3) is 1.54. The summed E-state index contributed by atoms with van der Waals surface area (Å²) < 4.78 is 32.4. The van der Waals surface area contributed by atoms with Crippen LogP contribution in [0.25, 0.3) is 0 Å². The Bertz CT molecular complexity index is 304. The molecule has 1 radical (unpaired) electrons. The first-order chi connectivity index (χ1) is 4.61. The van der Waals surface area contributed by atoms with E-state index < -0.39 is 10.2 Å². The lowest BCUT2D eigenvalue weighted by atomic mass is 10.4. The van der Waals surface area contributed by atoms with Crippen LogP contribution < -0.4 is 0 Å². The highest BCUT2D eigenvalue weighted by molar-refractivity contribution is 7.86. The molecule has 0 saturated carbocycles. The van der Waals surface area contributed by atoms with Gasteiger partial charge in [0.15, 0.2) is 0 Å². The average Bonchev–Trinajstić information content (AvgIpc) is 1.88. The molecule has 0 aromatic heterocycles. The van der Waals surface area contributed by atoms with E-state index in [1.54, 1.807) is 0 Å². The summed E-state index contributed by atoms with van der Waals surface area (Å²) in [6.45, 7) is 0. The fourth-order valence-corrected chi connectivity index (χ4v) is 0.995. The van der Waals surface area contributed by atoms with Gasteiger partial charge in [-0.15, -0.1) is 3.89 Å². The third-order valence-corrected chi connectivity index (χ3v) is 1.80. The Hall–Kier alpha value is -0.900. The number of halogens is 1. The summed E-state index contributed by atoms with van der Waals surface area (Å²) >= 11 is 0. The van der Waals surface area contributed by atoms with Crippen molar-refractivity contribution < 1.29 is 12.3 Å². The van der Waals surface area contributed by atoms with Gasteiger partial charge in [-0.1, -0.05) is 12.1 Å². The number of benzene rings is 1. The Balaban J connectivity index is 3.22. The molecule has 0 unspecified atom stereocenters. The van der Waals surface area contributed by atoms with Crippen LogP contribution >= 0.6 is 0 Å². The van der Waals surface area contributed by atoms with Gasteiger partial charge in [0, 0.05) is 0 Å². The van der Waals surface area contributed by atoms with E-state index in [4.69, 9.17) is 0 Å². The summed E-state index contributed by atoms with van der Waals surface area (Å²) in [4.78, 5) is -0.328. The summed E-state index contributed by atoms with van der Waals surface area (Å²) in [5.74, 6) is 0. The summed E-state index contributed by atoms with van der Waals surface area (Å²) in [6.07, 6.45) is 0. The lowest BCUT2D eigenvalue weighted by Gasteiger charge is -1.89. The van der Waals surface area contributed by atoms with Crippen molar-refractivity contribution in [3.63, 3.8) is 0 Å². The monoisotopic (exact) mass is 159 g/mol. The maximum Gasteiger partial charge on any atom is 0.332 e. The maximum atomic E-state index is 12.1. The first kappa shape index (κ1) is 7.21. The molecule has 1 aromatic carbocycles. The lowest BCUT2D eigenvalue weighted by Crippen LogP contribution is -1.89. The van der Waals surface area contributed by atoms with Crippen molar-refractivity contribution in [3.8, 4) is 0 Å². The molecule has 53 valence electrons. The summed E-state index contributed by atoms with van der Waals surface area (Å²) in [7, 11) is -4.52. The van der Waals surface area contributed by atoms with Gasteiger partial charge in [0.05, 0.1) is 4.90 Å². The van der Waals surface area contributed by atoms with Crippen molar-refractivity contribution in [1.82, 2.24) is 0 Å². The standard InChI is InChI=1S/C6H4FO2S/c7-10(8,9)6-4-2-1-3-5-6/h2-5H. The average molecular weight is 159 g/mol. The van der Waals surface area contributed by atoms with E-state index >= 15 is 0 Å². The van der Waals surface area contributed by atoms with Crippen LogP contribution in [-0.2, 0) is 10.2 Å². The highest BCUT2D eigenvalue weighted by atomic mass is 32.3. The Morgan fingerprint density at radius 3 is 2.10 bits per heavy atom. The number of rotatable bonds is 1. The third-order valence-electron chi connectivity index (χ3n) is 0.969. The molecule has 0 aliphatic rings. The largest absolute Gasteiger partial charge is 0.332 e. The number of hydrogen-bond donors (Lipinski definition) is 0. The minimum Gasteiger partial charge on any atom is -0.189 e. The molecule has 0 saturated heterocycles. The van der Waals surface area contributed by atoms with E-state index in [1.807, 2.05) is 0 Å². The van der Waals surface area contributed by atoms with Crippen molar-refractivity contribution >= 4 is 10.2 Å². The van der Waals surface area contributed by atoms with Crippen LogP contribution in [0.5, 0.6) is 0 Å². The first-order valence-electron chi connectivity index (χ1n) is 2.51. The molecule has 1 rings (SSSR count). The molecule has 0 fully saturated rings. The van der Waals surface area contributed by atoms with Crippen molar-refractivity contribution in [1.29, 1.82) is 0 Å². The van der Waals surface area contributed by atoms with Gasteiger partial charge in [-0.05, 0) is 18.2 Å². The van der Waals surface area contributed by atoms with E-state index in [1.165, 1.54) is 12.1 Å². The van der Waals surface area contributed by atoms with Gasteiger partial charge in [-0.25, -0.2) is 0 Å². The molecule has 0 heterocycles. The van der Waals surface area contributed by atoms with E-state index in [0.29, 0.717) is 0 Å². The second-order valence-electron chi connectivity index (χ2n) is 1.67. The quantitative estimate of drug-likeness (QED) is 0.576. The Morgan fingerprint density at radius 1 is 1.30 bits per heavy atom. The topological polar surface area (TPSA) is 34.1 Å². The van der Waals surface area contributed by atoms with Crippen LogP contribution in [0.15, 0.2) is 29.2 Å². The fraction of sp³-hybridized carbons (Fsp3) is 0. The Kier molecular flexibility index (Phi) is 1.72. The van der Waals surface area contributed by atoms with Gasteiger partial charge in [0.1, 0.15) is 0 Å². The van der Waals surface area contributed by atoms with Gasteiger partial charge >= 0.3 is 10.2 Å². The molecule has 2 nitrogen and oxygen atoms in total. The van der Waals surface area contributed by atoms with Crippen LogP contribution in [-0.4, -0.2) is 8.42 Å². The predicted octanol–water partition coefficient (Wildman–Crippen LogP) is 1.14. The smallest absolute Gasteiger partial charge is 0.189 e. The molecule has 0 aliphatic heterocycles. The van der Waals surface area contributed by atoms with Crippen LogP contribution in [0.2, 0.25) is 0 Å². The molecule has 0 N–H and O–H groups in total. The van der Waals surface area contributed by atoms with Gasteiger partial charge < -0.3 is 0 Å². The van der Waals surface area contributed by atoms with Crippen molar-refractivity contribution in [2.75, 3.05) is 0 Å². The predicted molar refractivity (Wildman–Crippen MR) is 33.6 cm³/mol. The SMILES string of the molecule is O=S(=O)(F)c1cc[c]cc1. The minimum atomic E-state index is -4.52. The van der Waals surface area contributed by atoms with E-state index in [0.717, 1.165) is 12.1 Å². The number of hydrogen-bond acceptors (Lipinski definition) is 2. The van der Waals surface area contributed by atoms with Crippen molar-refractivity contribution in [3.05, 3.63) is 30.3 Å². The summed E-state index contributed by atoms with van der Waals surface area (Å²) in [5.41, 5.74) is 0. The molecule has 10 heavy (non-hydrogen) atoms. The normalized spacial score (nSPS) is 11.3. The highest BCUT2D eigenvalue weighted by Gasteiger charge is 2.08. The second-order valence-corrected chi connectivity index (χ2v) is 3.02. The summed E-state index contributed by atoms with van der Waals surface area (Å²) in [6, 6.07) is 7.55. The minimum absolute atomic E-state index is 0.328. The van der Waals surface area contributed by atoms with Gasteiger partial charge in [0.2, 0.25) is 0 Å². The molecule has 1 aromatic rings. The zero-order valence-corrected chi connectivity index (χ0v) is 5.73. The van der Waals surface area contributed by atoms with Crippen LogP contribution in [0.1, 0.15) is 0 Å². The Labute approximate surface area is 58.5 Å². The van der Waals surface area contributed by atoms with Crippen molar-refractivity contribution in [2.45, 2.75) is 4.90 Å². The zero-order valence-electron chi connectivity index (χ0n) is 4.91. The molecule has 0 bridgehead atoms. The van der Waals surface area contributed by atoms with Gasteiger partial charge in [0.25, 0.3) is 0 Å². The highest BCUT2D eigenvalue weighted by Crippen LogP contribution is 2.09. The molecule has 0 amide bonds. The van der Waals surface area contributed by atoms with Gasteiger partial charge in [-0.3, -0.25) is 0 Å². The molecule has 4 heteroatoms. The van der Waals surface area contributed by atoms with Crippen LogP contribution in [0, 0.1) is 6.07 Å². The van der Waals surface area contributed by atoms with Crippen molar-refractivity contribution in [2.24, 2.45) is 0 Å². The van der Waals surface area contributed by atoms with E-state index in [9.17, 15) is 12.3 Å². The van der Waals surface area contributed by atoms with Crippen LogP contribution in [0.3, 0.4) is 0 Å². The lowest BCUT2D eigenvalue weighted by molar-refractivity contribution is 0.552. The molecular formula is C6H4FO2S. The molecule has 0 spiro atoms.